The number of rotatable bonds is 7. The number of carbonyl (C=O) groups excluding carboxylic acids is 1. The van der Waals surface area contributed by atoms with Crippen LogP contribution in [0.25, 0.3) is 10.9 Å². The van der Waals surface area contributed by atoms with Crippen LogP contribution in [0.1, 0.15) is 27.0 Å². The average Bonchev–Trinajstić information content (AvgIpc) is 2.79. The van der Waals surface area contributed by atoms with Crippen LogP contribution in [-0.2, 0) is 16.4 Å². The maximum Gasteiger partial charge on any atom is 0.261 e. The molecule has 7 nitrogen and oxygen atoms in total. The second-order valence-corrected chi connectivity index (χ2v) is 9.89. The van der Waals surface area contributed by atoms with Crippen molar-refractivity contribution in [2.45, 2.75) is 25.2 Å². The number of anilines is 1. The molecule has 0 fully saturated rings. The number of fused-ring (bicyclic) bond motifs is 1. The fourth-order valence-corrected chi connectivity index (χ4v) is 4.91. The molecule has 0 saturated heterocycles. The number of hydrogen-bond donors (Lipinski definition) is 3. The van der Waals surface area contributed by atoms with Gasteiger partial charge in [0, 0.05) is 29.3 Å². The number of nitrogens with one attached hydrogen (secondary N) is 3. The van der Waals surface area contributed by atoms with Crippen LogP contribution >= 0.6 is 0 Å². The van der Waals surface area contributed by atoms with Gasteiger partial charge in [0.15, 0.2) is 0 Å². The van der Waals surface area contributed by atoms with Crippen molar-refractivity contribution in [1.29, 1.82) is 0 Å². The third-order valence-corrected chi connectivity index (χ3v) is 6.80. The van der Waals surface area contributed by atoms with E-state index in [2.05, 4.69) is 15.0 Å². The largest absolute Gasteiger partial charge is 0.360 e. The molecule has 3 aromatic carbocycles. The SMILES string of the molecule is Cc1cc(C)cc(NS(=O)(=O)c2ccc3[nH]cc(C(=O)NCCc4ccccc4)c(=O)c3c2)c1. The van der Waals surface area contributed by atoms with E-state index in [1.54, 1.807) is 12.1 Å². The Balaban J connectivity index is 1.58. The van der Waals surface area contributed by atoms with Gasteiger partial charge in [-0.15, -0.1) is 0 Å². The van der Waals surface area contributed by atoms with Crippen molar-refractivity contribution in [1.82, 2.24) is 10.3 Å². The number of amides is 1. The molecule has 0 atom stereocenters. The molecule has 0 aliphatic carbocycles. The first-order chi connectivity index (χ1) is 16.2. The molecule has 1 heterocycles. The topological polar surface area (TPSA) is 108 Å². The number of carbonyl (C=O) groups is 1. The number of aromatic nitrogens is 1. The fourth-order valence-electron chi connectivity index (χ4n) is 3.84. The van der Waals surface area contributed by atoms with Crippen molar-refractivity contribution in [2.75, 3.05) is 11.3 Å². The molecule has 0 spiro atoms. The van der Waals surface area contributed by atoms with Gasteiger partial charge in [-0.25, -0.2) is 8.42 Å². The Morgan fingerprint density at radius 1 is 0.941 bits per heavy atom. The van der Waals surface area contributed by atoms with Crippen LogP contribution in [0.2, 0.25) is 0 Å². The van der Waals surface area contributed by atoms with E-state index in [9.17, 15) is 18.0 Å². The zero-order chi connectivity index (χ0) is 24.3. The van der Waals surface area contributed by atoms with Gasteiger partial charge in [-0.2, -0.15) is 0 Å². The first-order valence-electron chi connectivity index (χ1n) is 10.8. The molecule has 0 radical (unpaired) electrons. The Kier molecular flexibility index (Phi) is 6.51. The molecular weight excluding hydrogens is 450 g/mol. The monoisotopic (exact) mass is 475 g/mol. The minimum Gasteiger partial charge on any atom is -0.360 e. The number of aryl methyl sites for hydroxylation is 2. The summed E-state index contributed by atoms with van der Waals surface area (Å²) < 4.78 is 28.5. The second kappa shape index (κ2) is 9.52. The van der Waals surface area contributed by atoms with E-state index >= 15 is 0 Å². The van der Waals surface area contributed by atoms with E-state index in [1.807, 2.05) is 50.2 Å². The number of aromatic amines is 1. The van der Waals surface area contributed by atoms with Crippen molar-refractivity contribution in [2.24, 2.45) is 0 Å². The fraction of sp³-hybridized carbons (Fsp3) is 0.154. The van der Waals surface area contributed by atoms with E-state index in [-0.39, 0.29) is 15.8 Å². The highest BCUT2D eigenvalue weighted by molar-refractivity contribution is 7.92. The summed E-state index contributed by atoms with van der Waals surface area (Å²) in [5.41, 5.74) is 3.20. The normalized spacial score (nSPS) is 11.4. The predicted molar refractivity (Wildman–Crippen MR) is 134 cm³/mol. The van der Waals surface area contributed by atoms with E-state index < -0.39 is 21.4 Å². The molecule has 34 heavy (non-hydrogen) atoms. The third kappa shape index (κ3) is 5.18. The smallest absolute Gasteiger partial charge is 0.261 e. The summed E-state index contributed by atoms with van der Waals surface area (Å²) in [4.78, 5) is 28.5. The van der Waals surface area contributed by atoms with E-state index in [0.29, 0.717) is 24.2 Å². The number of benzene rings is 3. The zero-order valence-electron chi connectivity index (χ0n) is 18.9. The first kappa shape index (κ1) is 23.3. The van der Waals surface area contributed by atoms with Crippen LogP contribution in [0, 0.1) is 13.8 Å². The summed E-state index contributed by atoms with van der Waals surface area (Å²) in [6, 6.07) is 19.3. The van der Waals surface area contributed by atoms with Crippen molar-refractivity contribution < 1.29 is 13.2 Å². The quantitative estimate of drug-likeness (QED) is 0.376. The van der Waals surface area contributed by atoms with Gasteiger partial charge < -0.3 is 10.3 Å². The summed E-state index contributed by atoms with van der Waals surface area (Å²) in [6.45, 7) is 4.13. The summed E-state index contributed by atoms with van der Waals surface area (Å²) in [5, 5.41) is 2.88. The maximum absolute atomic E-state index is 13.0. The third-order valence-electron chi connectivity index (χ3n) is 5.42. The van der Waals surface area contributed by atoms with Crippen LogP contribution in [0.4, 0.5) is 5.69 Å². The van der Waals surface area contributed by atoms with Crippen molar-refractivity contribution in [3.8, 4) is 0 Å². The summed E-state index contributed by atoms with van der Waals surface area (Å²) in [6.07, 6.45) is 1.98. The average molecular weight is 476 g/mol. The molecule has 1 amide bonds. The Hall–Kier alpha value is -3.91. The highest BCUT2D eigenvalue weighted by Crippen LogP contribution is 2.21. The van der Waals surface area contributed by atoms with Gasteiger partial charge >= 0.3 is 0 Å². The van der Waals surface area contributed by atoms with E-state index in [0.717, 1.165) is 16.7 Å². The Morgan fingerprint density at radius 2 is 1.65 bits per heavy atom. The number of sulfonamides is 1. The van der Waals surface area contributed by atoms with Crippen molar-refractivity contribution in [3.63, 3.8) is 0 Å². The minimum atomic E-state index is -3.94. The molecule has 8 heteroatoms. The summed E-state index contributed by atoms with van der Waals surface area (Å²) in [5.74, 6) is -0.513. The number of pyridine rings is 1. The molecule has 4 rings (SSSR count). The lowest BCUT2D eigenvalue weighted by Gasteiger charge is -2.11. The molecule has 174 valence electrons. The van der Waals surface area contributed by atoms with Crippen LogP contribution in [-0.4, -0.2) is 25.9 Å². The van der Waals surface area contributed by atoms with Gasteiger partial charge in [0.1, 0.15) is 5.56 Å². The standard InChI is InChI=1S/C26H25N3O4S/c1-17-12-18(2)14-20(13-17)29-34(32,33)21-8-9-24-22(15-21)25(30)23(16-28-24)26(31)27-11-10-19-6-4-3-5-7-19/h3-9,12-16,29H,10-11H2,1-2H3,(H,27,31)(H,28,30). The highest BCUT2D eigenvalue weighted by Gasteiger charge is 2.18. The molecule has 0 aliphatic heterocycles. The van der Waals surface area contributed by atoms with Crippen molar-refractivity contribution in [3.05, 3.63) is 105 Å². The van der Waals surface area contributed by atoms with Crippen LogP contribution in [0.3, 0.4) is 0 Å². The van der Waals surface area contributed by atoms with Crippen LogP contribution in [0.5, 0.6) is 0 Å². The van der Waals surface area contributed by atoms with Gasteiger partial charge in [0.25, 0.3) is 15.9 Å². The zero-order valence-corrected chi connectivity index (χ0v) is 19.7. The predicted octanol–water partition coefficient (Wildman–Crippen LogP) is 3.92. The number of hydrogen-bond acceptors (Lipinski definition) is 4. The Morgan fingerprint density at radius 3 is 2.35 bits per heavy atom. The van der Waals surface area contributed by atoms with Gasteiger partial charge in [0.05, 0.1) is 4.90 Å². The number of H-pyrrole nitrogens is 1. The van der Waals surface area contributed by atoms with Gasteiger partial charge in [0.2, 0.25) is 5.43 Å². The molecule has 0 unspecified atom stereocenters. The highest BCUT2D eigenvalue weighted by atomic mass is 32.2. The van der Waals surface area contributed by atoms with Gasteiger partial charge in [-0.1, -0.05) is 36.4 Å². The second-order valence-electron chi connectivity index (χ2n) is 8.21. The lowest BCUT2D eigenvalue weighted by atomic mass is 10.1. The first-order valence-corrected chi connectivity index (χ1v) is 12.3. The minimum absolute atomic E-state index is 0.0636. The van der Waals surface area contributed by atoms with E-state index in [1.165, 1.54) is 24.4 Å². The van der Waals surface area contributed by atoms with Crippen molar-refractivity contribution >= 4 is 32.5 Å². The molecule has 3 N–H and O–H groups in total. The molecule has 1 aromatic heterocycles. The maximum atomic E-state index is 13.0. The lowest BCUT2D eigenvalue weighted by molar-refractivity contribution is 0.0953. The van der Waals surface area contributed by atoms with Gasteiger partial charge in [-0.05, 0) is 67.3 Å². The van der Waals surface area contributed by atoms with Crippen LogP contribution in [0.15, 0.2) is 82.6 Å². The summed E-state index contributed by atoms with van der Waals surface area (Å²) >= 11 is 0. The Bertz CT molecular complexity index is 1510. The molecule has 0 bridgehead atoms. The van der Waals surface area contributed by atoms with Crippen LogP contribution < -0.4 is 15.5 Å². The van der Waals surface area contributed by atoms with Gasteiger partial charge in [-0.3, -0.25) is 14.3 Å². The summed E-state index contributed by atoms with van der Waals surface area (Å²) in [7, 11) is -3.94. The molecular formula is C26H25N3O4S. The molecule has 0 aliphatic rings. The Labute approximate surface area is 197 Å². The molecule has 0 saturated carbocycles. The molecule has 4 aromatic rings. The van der Waals surface area contributed by atoms with E-state index in [4.69, 9.17) is 0 Å². The lowest BCUT2D eigenvalue weighted by Crippen LogP contribution is -2.30.